The molecule has 0 saturated heterocycles. The van der Waals surface area contributed by atoms with Crippen molar-refractivity contribution < 1.29 is 14.5 Å². The second-order valence-electron chi connectivity index (χ2n) is 4.20. The number of carbonyl (C=O) groups excluding carboxylic acids is 1. The minimum absolute atomic E-state index is 0.0287. The Bertz CT molecular complexity index is 670. The first-order valence-corrected chi connectivity index (χ1v) is 6.39. The van der Waals surface area contributed by atoms with Crippen molar-refractivity contribution in [1.29, 1.82) is 0 Å². The highest BCUT2D eigenvalue weighted by Crippen LogP contribution is 2.27. The molecule has 0 unspecified atom stereocenters. The second kappa shape index (κ2) is 6.51. The lowest BCUT2D eigenvalue weighted by molar-refractivity contribution is -0.383. The SMILES string of the molecule is CCOC(=O)c1cccc(Nc2ccccc2[N+](=O)[O-])c1. The molecule has 0 atom stereocenters. The number of esters is 1. The molecule has 2 aromatic rings. The summed E-state index contributed by atoms with van der Waals surface area (Å²) in [5.74, 6) is -0.427. The third-order valence-corrected chi connectivity index (χ3v) is 2.75. The predicted octanol–water partition coefficient (Wildman–Crippen LogP) is 3.52. The molecule has 0 radical (unpaired) electrons. The highest BCUT2D eigenvalue weighted by atomic mass is 16.6. The van der Waals surface area contributed by atoms with Gasteiger partial charge in [-0.05, 0) is 31.2 Å². The summed E-state index contributed by atoms with van der Waals surface area (Å²) in [5.41, 5.74) is 1.30. The summed E-state index contributed by atoms with van der Waals surface area (Å²) in [6.45, 7) is 2.02. The van der Waals surface area contributed by atoms with E-state index >= 15 is 0 Å². The van der Waals surface area contributed by atoms with Gasteiger partial charge in [-0.15, -0.1) is 0 Å². The molecule has 0 heterocycles. The molecule has 0 aliphatic carbocycles. The lowest BCUT2D eigenvalue weighted by Gasteiger charge is -2.08. The van der Waals surface area contributed by atoms with Gasteiger partial charge in [-0.1, -0.05) is 18.2 Å². The van der Waals surface area contributed by atoms with E-state index in [9.17, 15) is 14.9 Å². The molecular formula is C15H14N2O4. The van der Waals surface area contributed by atoms with Crippen LogP contribution in [-0.4, -0.2) is 17.5 Å². The third-order valence-electron chi connectivity index (χ3n) is 2.75. The van der Waals surface area contributed by atoms with Crippen LogP contribution in [0, 0.1) is 10.1 Å². The number of hydrogen-bond donors (Lipinski definition) is 1. The summed E-state index contributed by atoms with van der Waals surface area (Å²) < 4.78 is 4.92. The third kappa shape index (κ3) is 3.56. The van der Waals surface area contributed by atoms with Crippen LogP contribution in [0.3, 0.4) is 0 Å². The van der Waals surface area contributed by atoms with Gasteiger partial charge in [-0.3, -0.25) is 10.1 Å². The number of rotatable bonds is 5. The zero-order chi connectivity index (χ0) is 15.2. The van der Waals surface area contributed by atoms with Gasteiger partial charge in [0.15, 0.2) is 0 Å². The number of carbonyl (C=O) groups is 1. The van der Waals surface area contributed by atoms with Crippen molar-refractivity contribution in [2.24, 2.45) is 0 Å². The molecule has 0 aliphatic rings. The Kier molecular flexibility index (Phi) is 4.50. The molecule has 0 bridgehead atoms. The minimum Gasteiger partial charge on any atom is -0.462 e. The topological polar surface area (TPSA) is 81.5 Å². The normalized spacial score (nSPS) is 9.95. The monoisotopic (exact) mass is 286 g/mol. The van der Waals surface area contributed by atoms with Crippen molar-refractivity contribution >= 4 is 23.0 Å². The number of nitro groups is 1. The molecule has 2 rings (SSSR count). The molecule has 2 aromatic carbocycles. The fourth-order valence-electron chi connectivity index (χ4n) is 1.83. The fraction of sp³-hybridized carbons (Fsp3) is 0.133. The molecule has 0 aliphatic heterocycles. The minimum atomic E-state index is -0.461. The highest BCUT2D eigenvalue weighted by Gasteiger charge is 2.13. The maximum Gasteiger partial charge on any atom is 0.338 e. The molecule has 0 spiro atoms. The second-order valence-corrected chi connectivity index (χ2v) is 4.20. The Labute approximate surface area is 121 Å². The summed E-state index contributed by atoms with van der Waals surface area (Å²) in [6, 6.07) is 12.9. The van der Waals surface area contributed by atoms with Gasteiger partial charge in [-0.2, -0.15) is 0 Å². The number of nitro benzene ring substituents is 1. The fourth-order valence-corrected chi connectivity index (χ4v) is 1.83. The first-order valence-electron chi connectivity index (χ1n) is 6.39. The van der Waals surface area contributed by atoms with Crippen molar-refractivity contribution in [2.75, 3.05) is 11.9 Å². The molecule has 6 heteroatoms. The van der Waals surface area contributed by atoms with E-state index in [0.29, 0.717) is 23.5 Å². The number of ether oxygens (including phenoxy) is 1. The smallest absolute Gasteiger partial charge is 0.338 e. The zero-order valence-corrected chi connectivity index (χ0v) is 11.4. The summed E-state index contributed by atoms with van der Waals surface area (Å²) in [7, 11) is 0. The van der Waals surface area contributed by atoms with Gasteiger partial charge in [0, 0.05) is 11.8 Å². The number of nitrogens with one attached hydrogen (secondary N) is 1. The predicted molar refractivity (Wildman–Crippen MR) is 78.8 cm³/mol. The van der Waals surface area contributed by atoms with Crippen LogP contribution in [0.15, 0.2) is 48.5 Å². The average molecular weight is 286 g/mol. The van der Waals surface area contributed by atoms with Crippen molar-refractivity contribution in [3.63, 3.8) is 0 Å². The Morgan fingerprint density at radius 3 is 2.71 bits per heavy atom. The molecule has 0 amide bonds. The molecule has 108 valence electrons. The van der Waals surface area contributed by atoms with Crippen LogP contribution in [0.5, 0.6) is 0 Å². The zero-order valence-electron chi connectivity index (χ0n) is 11.4. The van der Waals surface area contributed by atoms with E-state index in [-0.39, 0.29) is 5.69 Å². The lowest BCUT2D eigenvalue weighted by Crippen LogP contribution is -2.05. The molecular weight excluding hydrogens is 272 g/mol. The number of anilines is 2. The van der Waals surface area contributed by atoms with Gasteiger partial charge < -0.3 is 10.1 Å². The summed E-state index contributed by atoms with van der Waals surface area (Å²) in [5, 5.41) is 13.9. The van der Waals surface area contributed by atoms with Crippen LogP contribution in [0.4, 0.5) is 17.1 Å². The van der Waals surface area contributed by atoms with Crippen molar-refractivity contribution in [3.05, 3.63) is 64.2 Å². The summed E-state index contributed by atoms with van der Waals surface area (Å²) >= 11 is 0. The van der Waals surface area contributed by atoms with Gasteiger partial charge >= 0.3 is 5.97 Å². The molecule has 21 heavy (non-hydrogen) atoms. The quantitative estimate of drug-likeness (QED) is 0.516. The van der Waals surface area contributed by atoms with Crippen LogP contribution in [0.2, 0.25) is 0 Å². The summed E-state index contributed by atoms with van der Waals surface area (Å²) in [4.78, 5) is 22.2. The molecule has 0 saturated carbocycles. The molecule has 1 N–H and O–H groups in total. The van der Waals surface area contributed by atoms with E-state index in [1.165, 1.54) is 6.07 Å². The maximum atomic E-state index is 11.7. The highest BCUT2D eigenvalue weighted by molar-refractivity contribution is 5.90. The van der Waals surface area contributed by atoms with E-state index in [0.717, 1.165) is 0 Å². The van der Waals surface area contributed by atoms with Crippen molar-refractivity contribution in [1.82, 2.24) is 0 Å². The molecule has 0 fully saturated rings. The van der Waals surface area contributed by atoms with E-state index in [2.05, 4.69) is 5.32 Å². The first-order chi connectivity index (χ1) is 10.1. The Balaban J connectivity index is 2.26. The van der Waals surface area contributed by atoms with Crippen LogP contribution in [-0.2, 0) is 4.74 Å². The van der Waals surface area contributed by atoms with Crippen LogP contribution < -0.4 is 5.32 Å². The Hall–Kier alpha value is -2.89. The number of benzene rings is 2. The van der Waals surface area contributed by atoms with Gasteiger partial charge in [0.05, 0.1) is 17.1 Å². The number of hydrogen-bond acceptors (Lipinski definition) is 5. The van der Waals surface area contributed by atoms with E-state index in [4.69, 9.17) is 4.74 Å². The molecule has 0 aromatic heterocycles. The van der Waals surface area contributed by atoms with Crippen molar-refractivity contribution in [2.45, 2.75) is 6.92 Å². The van der Waals surface area contributed by atoms with Gasteiger partial charge in [0.2, 0.25) is 0 Å². The number of nitrogens with zero attached hydrogens (tertiary/aromatic N) is 1. The average Bonchev–Trinajstić information content (AvgIpc) is 2.48. The van der Waals surface area contributed by atoms with Gasteiger partial charge in [0.1, 0.15) is 5.69 Å². The number of para-hydroxylation sites is 2. The van der Waals surface area contributed by atoms with Crippen LogP contribution in [0.25, 0.3) is 0 Å². The maximum absolute atomic E-state index is 11.7. The van der Waals surface area contributed by atoms with Crippen LogP contribution in [0.1, 0.15) is 17.3 Å². The van der Waals surface area contributed by atoms with Gasteiger partial charge in [0.25, 0.3) is 5.69 Å². The Morgan fingerprint density at radius 2 is 2.00 bits per heavy atom. The van der Waals surface area contributed by atoms with E-state index in [1.54, 1.807) is 49.4 Å². The lowest BCUT2D eigenvalue weighted by atomic mass is 10.2. The van der Waals surface area contributed by atoms with Gasteiger partial charge in [-0.25, -0.2) is 4.79 Å². The summed E-state index contributed by atoms with van der Waals surface area (Å²) in [6.07, 6.45) is 0. The molecule has 6 nitrogen and oxygen atoms in total. The van der Waals surface area contributed by atoms with Crippen LogP contribution >= 0.6 is 0 Å². The standard InChI is InChI=1S/C15H14N2O4/c1-2-21-15(18)11-6-5-7-12(10-11)16-13-8-3-4-9-14(13)17(19)20/h3-10,16H,2H2,1H3. The van der Waals surface area contributed by atoms with Crippen molar-refractivity contribution in [3.8, 4) is 0 Å². The van der Waals surface area contributed by atoms with E-state index in [1.807, 2.05) is 0 Å². The van der Waals surface area contributed by atoms with E-state index < -0.39 is 10.9 Å². The Morgan fingerprint density at radius 1 is 1.24 bits per heavy atom. The largest absolute Gasteiger partial charge is 0.462 e. The first kappa shape index (κ1) is 14.5.